The van der Waals surface area contributed by atoms with Crippen molar-refractivity contribution in [1.29, 1.82) is 0 Å². The number of carbonyl (C=O) groups is 4. The van der Waals surface area contributed by atoms with E-state index in [9.17, 15) is 19.2 Å². The second-order valence-electron chi connectivity index (χ2n) is 5.88. The first-order valence-electron chi connectivity index (χ1n) is 8.30. The first-order valence-corrected chi connectivity index (χ1v) is 8.30. The topological polar surface area (TPSA) is 106 Å². The van der Waals surface area contributed by atoms with E-state index in [-0.39, 0.29) is 36.3 Å². The van der Waals surface area contributed by atoms with Crippen molar-refractivity contribution >= 4 is 29.5 Å². The van der Waals surface area contributed by atoms with Crippen LogP contribution in [0.15, 0.2) is 42.6 Å². The molecule has 1 N–H and O–H groups in total. The summed E-state index contributed by atoms with van der Waals surface area (Å²) in [4.78, 5) is 53.0. The van der Waals surface area contributed by atoms with Crippen molar-refractivity contribution in [3.05, 3.63) is 59.3 Å². The third kappa shape index (κ3) is 3.84. The van der Waals surface area contributed by atoms with E-state index < -0.39 is 5.97 Å². The first kappa shape index (κ1) is 18.2. The smallest absolute Gasteiger partial charge is 0.339 e. The van der Waals surface area contributed by atoms with Crippen LogP contribution in [-0.4, -0.2) is 47.2 Å². The number of rotatable bonds is 6. The number of nitrogens with one attached hydrogen (secondary N) is 1. The van der Waals surface area contributed by atoms with Gasteiger partial charge < -0.3 is 10.1 Å². The Balaban J connectivity index is 1.50. The summed E-state index contributed by atoms with van der Waals surface area (Å²) in [7, 11) is 1.27. The van der Waals surface area contributed by atoms with E-state index in [0.29, 0.717) is 23.4 Å². The molecular formula is C19H17N3O5. The molecule has 0 fully saturated rings. The maximum atomic E-state index is 12.2. The number of pyridine rings is 1. The Hall–Kier alpha value is -3.55. The van der Waals surface area contributed by atoms with Gasteiger partial charge >= 0.3 is 5.97 Å². The quantitative estimate of drug-likeness (QED) is 0.617. The Labute approximate surface area is 155 Å². The van der Waals surface area contributed by atoms with Gasteiger partial charge in [0.25, 0.3) is 11.8 Å². The molecule has 0 bridgehead atoms. The molecule has 0 radical (unpaired) electrons. The number of ether oxygens (including phenoxy) is 1. The Morgan fingerprint density at radius 3 is 2.30 bits per heavy atom. The van der Waals surface area contributed by atoms with Gasteiger partial charge in [-0.2, -0.15) is 0 Å². The monoisotopic (exact) mass is 367 g/mol. The van der Waals surface area contributed by atoms with Gasteiger partial charge in [0.15, 0.2) is 0 Å². The highest BCUT2D eigenvalue weighted by atomic mass is 16.5. The molecule has 0 saturated carbocycles. The Bertz CT molecular complexity index is 873. The van der Waals surface area contributed by atoms with Crippen LogP contribution in [0.2, 0.25) is 0 Å². The van der Waals surface area contributed by atoms with Crippen LogP contribution >= 0.6 is 0 Å². The lowest BCUT2D eigenvalue weighted by Gasteiger charge is -2.13. The van der Waals surface area contributed by atoms with E-state index in [1.807, 2.05) is 0 Å². The molecule has 0 unspecified atom stereocenters. The third-order valence-corrected chi connectivity index (χ3v) is 4.12. The second kappa shape index (κ2) is 7.77. The lowest BCUT2D eigenvalue weighted by Crippen LogP contribution is -2.31. The van der Waals surface area contributed by atoms with Crippen LogP contribution in [-0.2, 0) is 9.53 Å². The molecule has 1 aromatic heterocycles. The van der Waals surface area contributed by atoms with Crippen molar-refractivity contribution in [1.82, 2.24) is 9.88 Å². The van der Waals surface area contributed by atoms with Gasteiger partial charge in [0, 0.05) is 19.2 Å². The molecule has 0 saturated heterocycles. The zero-order chi connectivity index (χ0) is 19.4. The number of hydrogen-bond acceptors (Lipinski definition) is 6. The minimum atomic E-state index is -0.513. The molecule has 0 aliphatic carbocycles. The summed E-state index contributed by atoms with van der Waals surface area (Å²) in [5.74, 6) is -1.19. The Kier molecular flexibility index (Phi) is 5.25. The first-order chi connectivity index (χ1) is 13.0. The Morgan fingerprint density at radius 1 is 1.07 bits per heavy atom. The molecule has 3 rings (SSSR count). The van der Waals surface area contributed by atoms with Crippen molar-refractivity contribution in [2.75, 3.05) is 19.0 Å². The van der Waals surface area contributed by atoms with Gasteiger partial charge in [-0.05, 0) is 30.7 Å². The van der Waals surface area contributed by atoms with Crippen LogP contribution in [0, 0.1) is 0 Å². The van der Waals surface area contributed by atoms with E-state index in [4.69, 9.17) is 0 Å². The predicted octanol–water partition coefficient (Wildman–Crippen LogP) is 1.88. The van der Waals surface area contributed by atoms with Gasteiger partial charge in [0.1, 0.15) is 5.82 Å². The van der Waals surface area contributed by atoms with E-state index in [2.05, 4.69) is 15.0 Å². The molecule has 2 aromatic rings. The highest BCUT2D eigenvalue weighted by Crippen LogP contribution is 2.22. The van der Waals surface area contributed by atoms with Crippen molar-refractivity contribution in [2.45, 2.75) is 12.8 Å². The minimum absolute atomic E-state index is 0.119. The molecule has 3 amide bonds. The fourth-order valence-corrected chi connectivity index (χ4v) is 2.75. The van der Waals surface area contributed by atoms with Gasteiger partial charge in [0.05, 0.1) is 23.8 Å². The number of carbonyl (C=O) groups excluding carboxylic acids is 4. The van der Waals surface area contributed by atoms with Crippen molar-refractivity contribution in [2.24, 2.45) is 0 Å². The van der Waals surface area contributed by atoms with Gasteiger partial charge in [-0.1, -0.05) is 12.1 Å². The van der Waals surface area contributed by atoms with E-state index in [1.165, 1.54) is 25.4 Å². The average molecular weight is 367 g/mol. The highest BCUT2D eigenvalue weighted by molar-refractivity contribution is 6.21. The fourth-order valence-electron chi connectivity index (χ4n) is 2.75. The number of esters is 1. The Morgan fingerprint density at radius 2 is 1.74 bits per heavy atom. The number of hydrogen-bond donors (Lipinski definition) is 1. The molecule has 138 valence electrons. The van der Waals surface area contributed by atoms with Crippen LogP contribution < -0.4 is 5.32 Å². The lowest BCUT2D eigenvalue weighted by atomic mass is 10.1. The molecular weight excluding hydrogens is 350 g/mol. The number of imide groups is 1. The molecule has 27 heavy (non-hydrogen) atoms. The lowest BCUT2D eigenvalue weighted by molar-refractivity contribution is -0.116. The molecule has 8 heteroatoms. The van der Waals surface area contributed by atoms with Crippen molar-refractivity contribution in [3.63, 3.8) is 0 Å². The maximum Gasteiger partial charge on any atom is 0.339 e. The molecule has 2 heterocycles. The maximum absolute atomic E-state index is 12.2. The molecule has 0 spiro atoms. The predicted molar refractivity (Wildman–Crippen MR) is 95.2 cm³/mol. The van der Waals surface area contributed by atoms with Crippen LogP contribution in [0.25, 0.3) is 0 Å². The number of aromatic nitrogens is 1. The van der Waals surface area contributed by atoms with Gasteiger partial charge in [-0.25, -0.2) is 9.78 Å². The van der Waals surface area contributed by atoms with Crippen molar-refractivity contribution < 1.29 is 23.9 Å². The standard InChI is InChI=1S/C19H17N3O5/c1-27-19(26)12-8-9-15(20-11-12)21-16(23)7-4-10-22-17(24)13-5-2-3-6-14(13)18(22)25/h2-3,5-6,8-9,11H,4,7,10H2,1H3,(H,20,21,23). The molecule has 1 aliphatic heterocycles. The summed E-state index contributed by atoms with van der Waals surface area (Å²) >= 11 is 0. The zero-order valence-corrected chi connectivity index (χ0v) is 14.6. The summed E-state index contributed by atoms with van der Waals surface area (Å²) in [6.45, 7) is 0.161. The molecule has 0 atom stereocenters. The number of amides is 3. The van der Waals surface area contributed by atoms with E-state index in [0.717, 1.165) is 4.90 Å². The van der Waals surface area contributed by atoms with Crippen LogP contribution in [0.5, 0.6) is 0 Å². The molecule has 1 aromatic carbocycles. The summed E-state index contributed by atoms with van der Waals surface area (Å²) < 4.78 is 4.57. The third-order valence-electron chi connectivity index (χ3n) is 4.12. The van der Waals surface area contributed by atoms with Gasteiger partial charge in [0.2, 0.25) is 5.91 Å². The largest absolute Gasteiger partial charge is 0.465 e. The van der Waals surface area contributed by atoms with Crippen LogP contribution in [0.1, 0.15) is 43.9 Å². The number of methoxy groups -OCH3 is 1. The minimum Gasteiger partial charge on any atom is -0.465 e. The summed E-state index contributed by atoms with van der Waals surface area (Å²) in [6, 6.07) is 9.64. The number of anilines is 1. The summed E-state index contributed by atoms with van der Waals surface area (Å²) in [5, 5.41) is 2.60. The molecule has 1 aliphatic rings. The van der Waals surface area contributed by atoms with Crippen LogP contribution in [0.4, 0.5) is 5.82 Å². The second-order valence-corrected chi connectivity index (χ2v) is 5.88. The normalized spacial score (nSPS) is 12.7. The highest BCUT2D eigenvalue weighted by Gasteiger charge is 2.34. The van der Waals surface area contributed by atoms with E-state index >= 15 is 0 Å². The van der Waals surface area contributed by atoms with Gasteiger partial charge in [-0.15, -0.1) is 0 Å². The zero-order valence-electron chi connectivity index (χ0n) is 14.6. The van der Waals surface area contributed by atoms with Crippen molar-refractivity contribution in [3.8, 4) is 0 Å². The molecule has 8 nitrogen and oxygen atoms in total. The van der Waals surface area contributed by atoms with E-state index in [1.54, 1.807) is 24.3 Å². The average Bonchev–Trinajstić information content (AvgIpc) is 2.93. The number of benzene rings is 1. The summed E-state index contributed by atoms with van der Waals surface area (Å²) in [5.41, 5.74) is 1.06. The SMILES string of the molecule is COC(=O)c1ccc(NC(=O)CCCN2C(=O)c3ccccc3C2=O)nc1. The fraction of sp³-hybridized carbons (Fsp3) is 0.211. The van der Waals surface area contributed by atoms with Gasteiger partial charge in [-0.3, -0.25) is 19.3 Å². The number of fused-ring (bicyclic) bond motifs is 1. The summed E-state index contributed by atoms with van der Waals surface area (Å²) in [6.07, 6.45) is 1.76. The number of nitrogens with zero attached hydrogens (tertiary/aromatic N) is 2. The van der Waals surface area contributed by atoms with Crippen LogP contribution in [0.3, 0.4) is 0 Å².